The second kappa shape index (κ2) is 7.53. The van der Waals surface area contributed by atoms with Crippen LogP contribution in [0.2, 0.25) is 10.3 Å². The predicted octanol–water partition coefficient (Wildman–Crippen LogP) is 5.10. The number of hydrogen-bond donors (Lipinski definition) is 1. The molecule has 112 valence electrons. The van der Waals surface area contributed by atoms with Gasteiger partial charge in [-0.3, -0.25) is 0 Å². The minimum atomic E-state index is 0.387. The third kappa shape index (κ3) is 4.51. The Morgan fingerprint density at radius 1 is 1.24 bits per heavy atom. The SMILES string of the molecule is CCCOc1cccc(CNc2c(C)cc(Cl)nc2Cl)c1. The molecular formula is C16H18Cl2N2O. The van der Waals surface area contributed by atoms with E-state index in [0.29, 0.717) is 16.9 Å². The van der Waals surface area contributed by atoms with Crippen LogP contribution in [0.5, 0.6) is 5.75 Å². The lowest BCUT2D eigenvalue weighted by atomic mass is 10.2. The summed E-state index contributed by atoms with van der Waals surface area (Å²) < 4.78 is 5.63. The number of aryl methyl sites for hydroxylation is 1. The van der Waals surface area contributed by atoms with E-state index in [2.05, 4.69) is 17.2 Å². The van der Waals surface area contributed by atoms with Gasteiger partial charge in [0.2, 0.25) is 0 Å². The first-order valence-corrected chi connectivity index (χ1v) is 7.64. The van der Waals surface area contributed by atoms with Crippen LogP contribution in [0.25, 0.3) is 0 Å². The molecule has 0 atom stereocenters. The van der Waals surface area contributed by atoms with Crippen LogP contribution in [0.1, 0.15) is 24.5 Å². The third-order valence-corrected chi connectivity index (χ3v) is 3.45. The Hall–Kier alpha value is -1.45. The first-order chi connectivity index (χ1) is 10.1. The largest absolute Gasteiger partial charge is 0.494 e. The van der Waals surface area contributed by atoms with Gasteiger partial charge in [0.1, 0.15) is 10.9 Å². The zero-order valence-electron chi connectivity index (χ0n) is 12.1. The van der Waals surface area contributed by atoms with Gasteiger partial charge in [-0.05, 0) is 42.7 Å². The highest BCUT2D eigenvalue weighted by Crippen LogP contribution is 2.27. The van der Waals surface area contributed by atoms with Crippen LogP contribution in [0.4, 0.5) is 5.69 Å². The van der Waals surface area contributed by atoms with E-state index in [1.54, 1.807) is 6.07 Å². The van der Waals surface area contributed by atoms with E-state index >= 15 is 0 Å². The second-order valence-corrected chi connectivity index (χ2v) is 5.52. The smallest absolute Gasteiger partial charge is 0.154 e. The lowest BCUT2D eigenvalue weighted by molar-refractivity contribution is 0.317. The quantitative estimate of drug-likeness (QED) is 0.751. The summed E-state index contributed by atoms with van der Waals surface area (Å²) in [5.74, 6) is 0.883. The summed E-state index contributed by atoms with van der Waals surface area (Å²) in [6.45, 7) is 5.41. The molecule has 21 heavy (non-hydrogen) atoms. The summed E-state index contributed by atoms with van der Waals surface area (Å²) in [5, 5.41) is 4.09. The highest BCUT2D eigenvalue weighted by Gasteiger charge is 2.07. The fraction of sp³-hybridized carbons (Fsp3) is 0.312. The number of nitrogens with zero attached hydrogens (tertiary/aromatic N) is 1. The summed E-state index contributed by atoms with van der Waals surface area (Å²) >= 11 is 12.0. The maximum Gasteiger partial charge on any atom is 0.154 e. The lowest BCUT2D eigenvalue weighted by Crippen LogP contribution is -2.03. The molecule has 1 heterocycles. The van der Waals surface area contributed by atoms with E-state index in [1.807, 2.05) is 31.2 Å². The summed E-state index contributed by atoms with van der Waals surface area (Å²) in [5.41, 5.74) is 2.90. The van der Waals surface area contributed by atoms with Crippen molar-refractivity contribution in [3.8, 4) is 5.75 Å². The van der Waals surface area contributed by atoms with Crippen molar-refractivity contribution in [2.75, 3.05) is 11.9 Å². The Balaban J connectivity index is 2.06. The Bertz CT molecular complexity index is 594. The van der Waals surface area contributed by atoms with Crippen LogP contribution < -0.4 is 10.1 Å². The van der Waals surface area contributed by atoms with Gasteiger partial charge in [-0.15, -0.1) is 0 Å². The zero-order valence-corrected chi connectivity index (χ0v) is 13.6. The van der Waals surface area contributed by atoms with E-state index in [0.717, 1.165) is 35.6 Å². The van der Waals surface area contributed by atoms with Gasteiger partial charge in [-0.1, -0.05) is 42.3 Å². The van der Waals surface area contributed by atoms with Gasteiger partial charge in [0, 0.05) is 6.54 Å². The molecule has 0 radical (unpaired) electrons. The van der Waals surface area contributed by atoms with Gasteiger partial charge < -0.3 is 10.1 Å². The molecule has 0 amide bonds. The monoisotopic (exact) mass is 324 g/mol. The van der Waals surface area contributed by atoms with Crippen LogP contribution in [-0.4, -0.2) is 11.6 Å². The molecule has 1 aromatic carbocycles. The van der Waals surface area contributed by atoms with Crippen molar-refractivity contribution >= 4 is 28.9 Å². The van der Waals surface area contributed by atoms with Gasteiger partial charge >= 0.3 is 0 Å². The van der Waals surface area contributed by atoms with Crippen LogP contribution in [0, 0.1) is 6.92 Å². The minimum Gasteiger partial charge on any atom is -0.494 e. The molecule has 0 aliphatic carbocycles. The molecule has 1 aromatic heterocycles. The van der Waals surface area contributed by atoms with Gasteiger partial charge in [-0.2, -0.15) is 0 Å². The van der Waals surface area contributed by atoms with Gasteiger partial charge in [0.05, 0.1) is 12.3 Å². The molecule has 0 saturated carbocycles. The Kier molecular flexibility index (Phi) is 5.71. The number of halogens is 2. The number of nitrogens with one attached hydrogen (secondary N) is 1. The van der Waals surface area contributed by atoms with E-state index in [-0.39, 0.29) is 0 Å². The first-order valence-electron chi connectivity index (χ1n) is 6.88. The first kappa shape index (κ1) is 15.9. The van der Waals surface area contributed by atoms with Gasteiger partial charge in [0.15, 0.2) is 5.15 Å². The van der Waals surface area contributed by atoms with Gasteiger partial charge in [0.25, 0.3) is 0 Å². The molecule has 5 heteroatoms. The molecule has 3 nitrogen and oxygen atoms in total. The predicted molar refractivity (Wildman–Crippen MR) is 88.5 cm³/mol. The van der Waals surface area contributed by atoms with Gasteiger partial charge in [-0.25, -0.2) is 4.98 Å². The van der Waals surface area contributed by atoms with Crippen molar-refractivity contribution in [3.05, 3.63) is 51.8 Å². The van der Waals surface area contributed by atoms with Crippen LogP contribution in [0.3, 0.4) is 0 Å². The minimum absolute atomic E-state index is 0.387. The fourth-order valence-corrected chi connectivity index (χ4v) is 2.56. The number of pyridine rings is 1. The van der Waals surface area contributed by atoms with Crippen molar-refractivity contribution in [2.24, 2.45) is 0 Å². The molecular weight excluding hydrogens is 307 g/mol. The number of anilines is 1. The topological polar surface area (TPSA) is 34.1 Å². The van der Waals surface area contributed by atoms with Crippen molar-refractivity contribution < 1.29 is 4.74 Å². The van der Waals surface area contributed by atoms with E-state index in [4.69, 9.17) is 27.9 Å². The summed E-state index contributed by atoms with van der Waals surface area (Å²) in [4.78, 5) is 4.05. The van der Waals surface area contributed by atoms with E-state index < -0.39 is 0 Å². The molecule has 0 aliphatic heterocycles. The van der Waals surface area contributed by atoms with Crippen molar-refractivity contribution in [1.82, 2.24) is 4.98 Å². The maximum atomic E-state index is 6.12. The van der Waals surface area contributed by atoms with Crippen LogP contribution in [0.15, 0.2) is 30.3 Å². The molecule has 0 spiro atoms. The molecule has 2 rings (SSSR count). The molecule has 0 unspecified atom stereocenters. The number of rotatable bonds is 6. The van der Waals surface area contributed by atoms with Crippen molar-refractivity contribution in [1.29, 1.82) is 0 Å². The second-order valence-electron chi connectivity index (χ2n) is 4.78. The summed E-state index contributed by atoms with van der Waals surface area (Å²) in [7, 11) is 0. The van der Waals surface area contributed by atoms with E-state index in [1.165, 1.54) is 0 Å². The zero-order chi connectivity index (χ0) is 15.2. The molecule has 0 fully saturated rings. The lowest BCUT2D eigenvalue weighted by Gasteiger charge is -2.12. The third-order valence-electron chi connectivity index (χ3n) is 2.98. The standard InChI is InChI=1S/C16H18Cl2N2O/c1-3-7-21-13-6-4-5-12(9-13)10-19-15-11(2)8-14(17)20-16(15)18/h4-6,8-9,19H,3,7,10H2,1-2H3. The Morgan fingerprint density at radius 3 is 2.76 bits per heavy atom. The summed E-state index contributed by atoms with van der Waals surface area (Å²) in [6, 6.07) is 9.79. The van der Waals surface area contributed by atoms with E-state index in [9.17, 15) is 0 Å². The normalized spacial score (nSPS) is 10.5. The molecule has 0 bridgehead atoms. The number of benzene rings is 1. The molecule has 1 N–H and O–H groups in total. The van der Waals surface area contributed by atoms with Crippen LogP contribution in [-0.2, 0) is 6.54 Å². The highest BCUT2D eigenvalue weighted by atomic mass is 35.5. The molecule has 0 aliphatic rings. The average Bonchev–Trinajstić information content (AvgIpc) is 2.44. The number of hydrogen-bond acceptors (Lipinski definition) is 3. The highest BCUT2D eigenvalue weighted by molar-refractivity contribution is 6.34. The molecule has 2 aromatic rings. The maximum absolute atomic E-state index is 6.12. The Morgan fingerprint density at radius 2 is 2.05 bits per heavy atom. The van der Waals surface area contributed by atoms with Crippen molar-refractivity contribution in [3.63, 3.8) is 0 Å². The Labute approximate surface area is 135 Å². The van der Waals surface area contributed by atoms with Crippen molar-refractivity contribution in [2.45, 2.75) is 26.8 Å². The number of aromatic nitrogens is 1. The number of ether oxygens (including phenoxy) is 1. The molecule has 0 saturated heterocycles. The van der Waals surface area contributed by atoms with Crippen LogP contribution >= 0.6 is 23.2 Å². The average molecular weight is 325 g/mol. The fourth-order valence-electron chi connectivity index (χ4n) is 1.96. The summed E-state index contributed by atoms with van der Waals surface area (Å²) in [6.07, 6.45) is 0.994.